The molecule has 0 amide bonds. The summed E-state index contributed by atoms with van der Waals surface area (Å²) in [5.41, 5.74) is 0. The van der Waals surface area contributed by atoms with Crippen LogP contribution in [0.3, 0.4) is 0 Å². The Hall–Kier alpha value is -0.240. The fourth-order valence-electron chi connectivity index (χ4n) is 2.29. The summed E-state index contributed by atoms with van der Waals surface area (Å²) in [6.45, 7) is 2.17. The third-order valence-electron chi connectivity index (χ3n) is 3.63. The smallest absolute Gasteiger partial charge is 0.186 e. The van der Waals surface area contributed by atoms with Crippen LogP contribution in [-0.2, 0) is 9.47 Å². The molecule has 0 aliphatic carbocycles. The predicted octanol–water partition coefficient (Wildman–Crippen LogP) is 0.163. The van der Waals surface area contributed by atoms with Crippen molar-refractivity contribution < 1.29 is 29.9 Å². The average Bonchev–Trinajstić information content (AvgIpc) is 2.46. The third kappa shape index (κ3) is 5.27. The van der Waals surface area contributed by atoms with E-state index < -0.39 is 37.3 Å². The molecule has 0 aromatic carbocycles. The summed E-state index contributed by atoms with van der Waals surface area (Å²) in [4.78, 5) is 0. The highest BCUT2D eigenvalue weighted by atomic mass is 16.7. The third-order valence-corrected chi connectivity index (χ3v) is 3.63. The van der Waals surface area contributed by atoms with Gasteiger partial charge in [0.05, 0.1) is 6.61 Å². The van der Waals surface area contributed by atoms with Crippen molar-refractivity contribution in [2.75, 3.05) is 13.2 Å². The van der Waals surface area contributed by atoms with Gasteiger partial charge in [-0.1, -0.05) is 39.0 Å². The van der Waals surface area contributed by atoms with Crippen molar-refractivity contribution in [1.29, 1.82) is 0 Å². The summed E-state index contributed by atoms with van der Waals surface area (Å²) in [6, 6.07) is 0. The predicted molar refractivity (Wildman–Crippen MR) is 73.1 cm³/mol. The van der Waals surface area contributed by atoms with Crippen molar-refractivity contribution in [2.45, 2.75) is 76.2 Å². The molecule has 1 aliphatic rings. The molecule has 0 spiro atoms. The lowest BCUT2D eigenvalue weighted by atomic mass is 9.99. The van der Waals surface area contributed by atoms with Crippen molar-refractivity contribution in [3.05, 3.63) is 0 Å². The number of rotatable bonds is 9. The fraction of sp³-hybridized carbons (Fsp3) is 1.00. The van der Waals surface area contributed by atoms with Crippen LogP contribution < -0.4 is 0 Å². The van der Waals surface area contributed by atoms with Gasteiger partial charge in [-0.3, -0.25) is 0 Å². The van der Waals surface area contributed by atoms with Crippen LogP contribution in [0.4, 0.5) is 0 Å². The Bertz CT molecular complexity index is 248. The minimum atomic E-state index is -1.37. The van der Waals surface area contributed by atoms with E-state index in [0.29, 0.717) is 6.61 Å². The number of aliphatic hydroxyl groups is 4. The van der Waals surface area contributed by atoms with Gasteiger partial charge in [0.1, 0.15) is 24.4 Å². The Morgan fingerprint density at radius 1 is 0.900 bits per heavy atom. The van der Waals surface area contributed by atoms with Crippen molar-refractivity contribution >= 4 is 0 Å². The first-order valence-electron chi connectivity index (χ1n) is 7.54. The lowest BCUT2D eigenvalue weighted by Crippen LogP contribution is -2.59. The molecule has 5 atom stereocenters. The highest BCUT2D eigenvalue weighted by Gasteiger charge is 2.43. The molecule has 1 rings (SSSR count). The molecular formula is C14H28O6. The highest BCUT2D eigenvalue weighted by molar-refractivity contribution is 4.88. The first kappa shape index (κ1) is 17.8. The normalized spacial score (nSPS) is 34.4. The second kappa shape index (κ2) is 9.65. The van der Waals surface area contributed by atoms with Gasteiger partial charge in [0, 0.05) is 6.61 Å². The number of hydrogen-bond acceptors (Lipinski definition) is 6. The molecule has 1 heterocycles. The fourth-order valence-corrected chi connectivity index (χ4v) is 2.29. The SMILES string of the molecule is CCCCCCCCO[C@H]1O[C@@H](CO)[C@@H](O)[C@H](O)[C@H]1O. The summed E-state index contributed by atoms with van der Waals surface area (Å²) < 4.78 is 10.6. The second-order valence-electron chi connectivity index (χ2n) is 5.34. The van der Waals surface area contributed by atoms with Crippen LogP contribution in [0.1, 0.15) is 45.4 Å². The lowest BCUT2D eigenvalue weighted by molar-refractivity contribution is -0.301. The van der Waals surface area contributed by atoms with Crippen LogP contribution in [0.25, 0.3) is 0 Å². The Morgan fingerprint density at radius 2 is 1.55 bits per heavy atom. The summed E-state index contributed by atoms with van der Waals surface area (Å²) in [5, 5.41) is 38.0. The zero-order valence-corrected chi connectivity index (χ0v) is 12.1. The molecule has 0 aromatic rings. The molecule has 0 aromatic heterocycles. The molecule has 4 N–H and O–H groups in total. The maximum absolute atomic E-state index is 9.75. The molecule has 0 unspecified atom stereocenters. The van der Waals surface area contributed by atoms with Crippen LogP contribution in [0.15, 0.2) is 0 Å². The summed E-state index contributed by atoms with van der Waals surface area (Å²) >= 11 is 0. The molecule has 6 nitrogen and oxygen atoms in total. The van der Waals surface area contributed by atoms with E-state index in [1.165, 1.54) is 19.3 Å². The number of aliphatic hydroxyl groups excluding tert-OH is 4. The van der Waals surface area contributed by atoms with E-state index in [2.05, 4.69) is 6.92 Å². The van der Waals surface area contributed by atoms with E-state index in [-0.39, 0.29) is 0 Å². The Kier molecular flexibility index (Phi) is 8.60. The standard InChI is InChI=1S/C14H28O6/c1-2-3-4-5-6-7-8-19-14-13(18)12(17)11(16)10(9-15)20-14/h10-18H,2-9H2,1H3/t10-,11+,12-,13+,14-/m0/s1. The van der Waals surface area contributed by atoms with E-state index in [1.807, 2.05) is 0 Å². The van der Waals surface area contributed by atoms with Crippen LogP contribution in [-0.4, -0.2) is 64.3 Å². The maximum Gasteiger partial charge on any atom is 0.186 e. The molecular weight excluding hydrogens is 264 g/mol. The van der Waals surface area contributed by atoms with Crippen LogP contribution in [0.2, 0.25) is 0 Å². The van der Waals surface area contributed by atoms with Gasteiger partial charge in [-0.25, -0.2) is 0 Å². The summed E-state index contributed by atoms with van der Waals surface area (Å²) in [6.07, 6.45) is 0.851. The average molecular weight is 292 g/mol. The van der Waals surface area contributed by atoms with E-state index in [4.69, 9.17) is 14.6 Å². The monoisotopic (exact) mass is 292 g/mol. The van der Waals surface area contributed by atoms with Gasteiger partial charge in [-0.15, -0.1) is 0 Å². The second-order valence-corrected chi connectivity index (χ2v) is 5.34. The highest BCUT2D eigenvalue weighted by Crippen LogP contribution is 2.22. The van der Waals surface area contributed by atoms with Crippen LogP contribution in [0, 0.1) is 0 Å². The zero-order valence-electron chi connectivity index (χ0n) is 12.1. The first-order chi connectivity index (χ1) is 9.61. The molecule has 20 heavy (non-hydrogen) atoms. The van der Waals surface area contributed by atoms with Crippen LogP contribution >= 0.6 is 0 Å². The molecule has 0 saturated carbocycles. The largest absolute Gasteiger partial charge is 0.394 e. The molecule has 6 heteroatoms. The topological polar surface area (TPSA) is 99.4 Å². The Morgan fingerprint density at radius 3 is 2.20 bits per heavy atom. The quantitative estimate of drug-likeness (QED) is 0.452. The van der Waals surface area contributed by atoms with Crippen LogP contribution in [0.5, 0.6) is 0 Å². The van der Waals surface area contributed by atoms with Crippen molar-refractivity contribution in [3.63, 3.8) is 0 Å². The van der Waals surface area contributed by atoms with E-state index in [9.17, 15) is 15.3 Å². The first-order valence-corrected chi connectivity index (χ1v) is 7.54. The minimum Gasteiger partial charge on any atom is -0.394 e. The van der Waals surface area contributed by atoms with Gasteiger partial charge in [-0.05, 0) is 6.42 Å². The van der Waals surface area contributed by atoms with E-state index in [0.717, 1.165) is 19.3 Å². The molecule has 1 saturated heterocycles. The van der Waals surface area contributed by atoms with Crippen molar-refractivity contribution in [2.24, 2.45) is 0 Å². The Balaban J connectivity index is 2.21. The summed E-state index contributed by atoms with van der Waals surface area (Å²) in [7, 11) is 0. The maximum atomic E-state index is 9.75. The van der Waals surface area contributed by atoms with Gasteiger partial charge < -0.3 is 29.9 Å². The van der Waals surface area contributed by atoms with Gasteiger partial charge in [-0.2, -0.15) is 0 Å². The van der Waals surface area contributed by atoms with Gasteiger partial charge in [0.2, 0.25) is 0 Å². The molecule has 120 valence electrons. The number of ether oxygens (including phenoxy) is 2. The van der Waals surface area contributed by atoms with Gasteiger partial charge >= 0.3 is 0 Å². The molecule has 0 radical (unpaired) electrons. The number of unbranched alkanes of at least 4 members (excludes halogenated alkanes) is 5. The van der Waals surface area contributed by atoms with Crippen molar-refractivity contribution in [3.8, 4) is 0 Å². The van der Waals surface area contributed by atoms with Gasteiger partial charge in [0.15, 0.2) is 6.29 Å². The molecule has 0 bridgehead atoms. The lowest BCUT2D eigenvalue weighted by Gasteiger charge is -2.39. The number of hydrogen-bond donors (Lipinski definition) is 4. The van der Waals surface area contributed by atoms with Crippen molar-refractivity contribution in [1.82, 2.24) is 0 Å². The molecule has 1 fully saturated rings. The molecule has 1 aliphatic heterocycles. The zero-order chi connectivity index (χ0) is 15.0. The van der Waals surface area contributed by atoms with Gasteiger partial charge in [0.25, 0.3) is 0 Å². The Labute approximate surface area is 120 Å². The van der Waals surface area contributed by atoms with E-state index in [1.54, 1.807) is 0 Å². The summed E-state index contributed by atoms with van der Waals surface area (Å²) in [5.74, 6) is 0. The minimum absolute atomic E-state index is 0.425. The van der Waals surface area contributed by atoms with E-state index >= 15 is 0 Å².